The fourth-order valence-corrected chi connectivity index (χ4v) is 1.83. The van der Waals surface area contributed by atoms with Crippen molar-refractivity contribution in [1.29, 1.82) is 0 Å². The fourth-order valence-electron chi connectivity index (χ4n) is 1.83. The molecule has 0 radical (unpaired) electrons. The Hall–Kier alpha value is -1.36. The van der Waals surface area contributed by atoms with Gasteiger partial charge in [0.1, 0.15) is 0 Å². The van der Waals surface area contributed by atoms with Crippen molar-refractivity contribution in [3.8, 4) is 0 Å². The second kappa shape index (κ2) is 4.02. The first kappa shape index (κ1) is 10.2. The van der Waals surface area contributed by atoms with E-state index in [1.807, 2.05) is 6.92 Å². The fraction of sp³-hybridized carbons (Fsp3) is 0.600. The molecule has 2 heterocycles. The summed E-state index contributed by atoms with van der Waals surface area (Å²) in [5.41, 5.74) is 6.59. The molecule has 0 aromatic carbocycles. The van der Waals surface area contributed by atoms with E-state index in [2.05, 4.69) is 5.16 Å². The van der Waals surface area contributed by atoms with Crippen LogP contribution in [0.2, 0.25) is 0 Å². The molecule has 1 aliphatic heterocycles. The first-order valence-corrected chi connectivity index (χ1v) is 5.14. The quantitative estimate of drug-likeness (QED) is 0.733. The highest BCUT2D eigenvalue weighted by Crippen LogP contribution is 2.14. The Morgan fingerprint density at radius 1 is 1.73 bits per heavy atom. The Labute approximate surface area is 88.2 Å². The lowest BCUT2D eigenvalue weighted by Gasteiger charge is -2.29. The first-order chi connectivity index (χ1) is 7.18. The van der Waals surface area contributed by atoms with Crippen molar-refractivity contribution in [3.05, 3.63) is 17.5 Å². The van der Waals surface area contributed by atoms with Crippen LogP contribution in [0.1, 0.15) is 29.0 Å². The van der Waals surface area contributed by atoms with E-state index >= 15 is 0 Å². The summed E-state index contributed by atoms with van der Waals surface area (Å²) in [7, 11) is 0. The summed E-state index contributed by atoms with van der Waals surface area (Å²) in [5.74, 6) is 0.240. The van der Waals surface area contributed by atoms with Crippen LogP contribution in [0.15, 0.2) is 10.7 Å². The van der Waals surface area contributed by atoms with E-state index < -0.39 is 0 Å². The van der Waals surface area contributed by atoms with Crippen LogP contribution in [0.5, 0.6) is 0 Å². The average molecular weight is 209 g/mol. The summed E-state index contributed by atoms with van der Waals surface area (Å²) in [4.78, 5) is 13.7. The highest BCUT2D eigenvalue weighted by molar-refractivity contribution is 5.92. The molecule has 1 amide bonds. The molecule has 1 saturated heterocycles. The lowest BCUT2D eigenvalue weighted by molar-refractivity contribution is 0.0666. The normalized spacial score (nSPS) is 21.7. The maximum Gasteiger partial charge on any atom is 0.292 e. The number of nitrogens with zero attached hydrogens (tertiary/aromatic N) is 2. The van der Waals surface area contributed by atoms with Crippen LogP contribution in [-0.2, 0) is 0 Å². The molecule has 1 aliphatic rings. The molecule has 1 atom stereocenters. The molecule has 1 fully saturated rings. The Morgan fingerprint density at radius 3 is 3.13 bits per heavy atom. The molecule has 1 aromatic rings. The van der Waals surface area contributed by atoms with Gasteiger partial charge >= 0.3 is 0 Å². The van der Waals surface area contributed by atoms with E-state index in [0.717, 1.165) is 24.9 Å². The number of rotatable bonds is 1. The van der Waals surface area contributed by atoms with Crippen molar-refractivity contribution < 1.29 is 9.32 Å². The second-order valence-electron chi connectivity index (χ2n) is 3.99. The lowest BCUT2D eigenvalue weighted by Crippen LogP contribution is -2.45. The maximum absolute atomic E-state index is 12.0. The predicted octanol–water partition coefficient (Wildman–Crippen LogP) is 0.546. The summed E-state index contributed by atoms with van der Waals surface area (Å²) in [6.07, 6.45) is 3.50. The van der Waals surface area contributed by atoms with Gasteiger partial charge in [0.15, 0.2) is 0 Å². The van der Waals surface area contributed by atoms with Crippen LogP contribution in [0.3, 0.4) is 0 Å². The molecule has 1 unspecified atom stereocenters. The molecule has 82 valence electrons. The molecule has 2 N–H and O–H groups in total. The van der Waals surface area contributed by atoms with Crippen molar-refractivity contribution in [3.63, 3.8) is 0 Å². The van der Waals surface area contributed by atoms with Gasteiger partial charge in [-0.05, 0) is 19.8 Å². The van der Waals surface area contributed by atoms with Crippen molar-refractivity contribution in [2.75, 3.05) is 13.1 Å². The van der Waals surface area contributed by atoms with Gasteiger partial charge in [-0.1, -0.05) is 5.16 Å². The van der Waals surface area contributed by atoms with Gasteiger partial charge in [-0.3, -0.25) is 4.79 Å². The lowest BCUT2D eigenvalue weighted by atomic mass is 10.1. The highest BCUT2D eigenvalue weighted by Gasteiger charge is 2.25. The Kier molecular flexibility index (Phi) is 2.73. The number of carbonyl (C=O) groups excluding carboxylic acids is 1. The zero-order valence-electron chi connectivity index (χ0n) is 8.77. The van der Waals surface area contributed by atoms with Gasteiger partial charge in [-0.15, -0.1) is 0 Å². The van der Waals surface area contributed by atoms with Gasteiger partial charge in [-0.25, -0.2) is 0 Å². The predicted molar refractivity (Wildman–Crippen MR) is 54.4 cm³/mol. The van der Waals surface area contributed by atoms with E-state index in [-0.39, 0.29) is 11.9 Å². The van der Waals surface area contributed by atoms with E-state index in [0.29, 0.717) is 12.3 Å². The molecule has 0 aliphatic carbocycles. The van der Waals surface area contributed by atoms with Crippen molar-refractivity contribution in [1.82, 2.24) is 10.1 Å². The number of hydrogen-bond donors (Lipinski definition) is 1. The molecule has 0 spiro atoms. The molecular formula is C10H15N3O2. The van der Waals surface area contributed by atoms with Crippen LogP contribution < -0.4 is 5.73 Å². The van der Waals surface area contributed by atoms with Gasteiger partial charge in [0.2, 0.25) is 5.76 Å². The van der Waals surface area contributed by atoms with E-state index in [9.17, 15) is 4.79 Å². The average Bonchev–Trinajstić information content (AvgIpc) is 2.63. The van der Waals surface area contributed by atoms with E-state index in [4.69, 9.17) is 10.3 Å². The number of piperidine rings is 1. The molecule has 0 bridgehead atoms. The first-order valence-electron chi connectivity index (χ1n) is 5.14. The van der Waals surface area contributed by atoms with Crippen LogP contribution in [0.4, 0.5) is 0 Å². The Balaban J connectivity index is 2.11. The number of hydrogen-bond acceptors (Lipinski definition) is 4. The van der Waals surface area contributed by atoms with Gasteiger partial charge in [0.25, 0.3) is 5.91 Å². The standard InChI is InChI=1S/C10H15N3O2/c1-7-5-12-15-9(7)10(14)13-4-2-3-8(11)6-13/h5,8H,2-4,6,11H2,1H3. The summed E-state index contributed by atoms with van der Waals surface area (Å²) in [6.45, 7) is 3.18. The molecular weight excluding hydrogens is 194 g/mol. The SMILES string of the molecule is Cc1cnoc1C(=O)N1CCCC(N)C1. The molecule has 0 saturated carbocycles. The second-order valence-corrected chi connectivity index (χ2v) is 3.99. The third kappa shape index (κ3) is 2.02. The zero-order chi connectivity index (χ0) is 10.8. The van der Waals surface area contributed by atoms with E-state index in [1.165, 1.54) is 0 Å². The number of likely N-dealkylation sites (tertiary alicyclic amines) is 1. The van der Waals surface area contributed by atoms with Crippen LogP contribution in [0.25, 0.3) is 0 Å². The van der Waals surface area contributed by atoms with Gasteiger partial charge in [-0.2, -0.15) is 0 Å². The smallest absolute Gasteiger partial charge is 0.292 e. The van der Waals surface area contributed by atoms with Crippen molar-refractivity contribution in [2.45, 2.75) is 25.8 Å². The minimum atomic E-state index is -0.0971. The Bertz CT molecular complexity index is 361. The third-order valence-corrected chi connectivity index (χ3v) is 2.69. The number of carbonyl (C=O) groups is 1. The molecule has 15 heavy (non-hydrogen) atoms. The highest BCUT2D eigenvalue weighted by atomic mass is 16.5. The third-order valence-electron chi connectivity index (χ3n) is 2.69. The minimum Gasteiger partial charge on any atom is -0.351 e. The molecule has 1 aromatic heterocycles. The maximum atomic E-state index is 12.0. The monoisotopic (exact) mass is 209 g/mol. The van der Waals surface area contributed by atoms with Gasteiger partial charge in [0, 0.05) is 24.7 Å². The largest absolute Gasteiger partial charge is 0.351 e. The van der Waals surface area contributed by atoms with Crippen LogP contribution in [-0.4, -0.2) is 35.1 Å². The van der Waals surface area contributed by atoms with Gasteiger partial charge in [0.05, 0.1) is 6.20 Å². The topological polar surface area (TPSA) is 72.4 Å². The molecule has 5 heteroatoms. The van der Waals surface area contributed by atoms with Crippen molar-refractivity contribution >= 4 is 5.91 Å². The zero-order valence-corrected chi connectivity index (χ0v) is 8.77. The number of nitrogens with two attached hydrogens (primary N) is 1. The Morgan fingerprint density at radius 2 is 2.53 bits per heavy atom. The summed E-state index contributed by atoms with van der Waals surface area (Å²) >= 11 is 0. The summed E-state index contributed by atoms with van der Waals surface area (Å²) in [5, 5.41) is 3.60. The number of aromatic nitrogens is 1. The number of amides is 1. The molecule has 2 rings (SSSR count). The van der Waals surface area contributed by atoms with Crippen LogP contribution >= 0.6 is 0 Å². The van der Waals surface area contributed by atoms with Gasteiger partial charge < -0.3 is 15.2 Å². The van der Waals surface area contributed by atoms with Crippen molar-refractivity contribution in [2.24, 2.45) is 5.73 Å². The summed E-state index contributed by atoms with van der Waals surface area (Å²) < 4.78 is 4.93. The number of aryl methyl sites for hydroxylation is 1. The summed E-state index contributed by atoms with van der Waals surface area (Å²) in [6, 6.07) is 0.0888. The van der Waals surface area contributed by atoms with Crippen LogP contribution in [0, 0.1) is 6.92 Å². The molecule has 5 nitrogen and oxygen atoms in total. The van der Waals surface area contributed by atoms with E-state index in [1.54, 1.807) is 11.1 Å². The minimum absolute atomic E-state index is 0.0888.